The molecule has 0 aromatic heterocycles. The molecule has 0 spiro atoms. The number of carbonyl (C=O) groups is 2. The highest BCUT2D eigenvalue weighted by Gasteiger charge is 2.20. The normalized spacial score (nSPS) is 19.7. The van der Waals surface area contributed by atoms with Crippen LogP contribution in [0.5, 0.6) is 0 Å². The van der Waals surface area contributed by atoms with Gasteiger partial charge in [-0.05, 0) is 32.1 Å². The monoisotopic (exact) mass is 253 g/mol. The third kappa shape index (κ3) is 4.64. The van der Waals surface area contributed by atoms with E-state index in [0.717, 1.165) is 25.9 Å². The second-order valence-electron chi connectivity index (χ2n) is 5.20. The topological polar surface area (TPSA) is 61.4 Å². The van der Waals surface area contributed by atoms with Crippen molar-refractivity contribution in [3.8, 4) is 0 Å². The summed E-state index contributed by atoms with van der Waals surface area (Å²) >= 11 is 0. The van der Waals surface area contributed by atoms with Gasteiger partial charge in [-0.25, -0.2) is 0 Å². The zero-order chi connectivity index (χ0) is 12.8. The molecule has 2 rings (SSSR count). The number of hydrogen-bond acceptors (Lipinski definition) is 3. The lowest BCUT2D eigenvalue weighted by atomic mass is 10.1. The van der Waals surface area contributed by atoms with Gasteiger partial charge in [-0.3, -0.25) is 9.59 Å². The van der Waals surface area contributed by atoms with Gasteiger partial charge in [-0.1, -0.05) is 0 Å². The van der Waals surface area contributed by atoms with E-state index < -0.39 is 0 Å². The van der Waals surface area contributed by atoms with E-state index in [2.05, 4.69) is 10.6 Å². The first kappa shape index (κ1) is 13.3. The highest BCUT2D eigenvalue weighted by Crippen LogP contribution is 2.18. The van der Waals surface area contributed by atoms with Crippen molar-refractivity contribution in [1.82, 2.24) is 15.5 Å². The fraction of sp³-hybridized carbons (Fsp3) is 0.846. The molecule has 1 aliphatic carbocycles. The van der Waals surface area contributed by atoms with Crippen LogP contribution in [0.15, 0.2) is 0 Å². The Labute approximate surface area is 108 Å². The molecule has 2 amide bonds. The average molecular weight is 253 g/mol. The highest BCUT2D eigenvalue weighted by molar-refractivity contribution is 5.84. The molecule has 1 heterocycles. The summed E-state index contributed by atoms with van der Waals surface area (Å²) in [5.41, 5.74) is 0. The lowest BCUT2D eigenvalue weighted by Gasteiger charge is -2.26. The molecule has 1 aliphatic heterocycles. The number of piperidine rings is 1. The first-order valence-corrected chi connectivity index (χ1v) is 7.03. The highest BCUT2D eigenvalue weighted by atomic mass is 16.2. The van der Waals surface area contributed by atoms with E-state index in [1.54, 1.807) is 0 Å². The van der Waals surface area contributed by atoms with Crippen LogP contribution in [0.4, 0.5) is 0 Å². The van der Waals surface area contributed by atoms with Crippen molar-refractivity contribution < 1.29 is 9.59 Å². The molecule has 0 aromatic rings. The maximum absolute atomic E-state index is 11.8. The lowest BCUT2D eigenvalue weighted by molar-refractivity contribution is -0.133. The Morgan fingerprint density at radius 3 is 2.50 bits per heavy atom. The summed E-state index contributed by atoms with van der Waals surface area (Å²) < 4.78 is 0. The summed E-state index contributed by atoms with van der Waals surface area (Å²) in [4.78, 5) is 25.2. The first-order valence-electron chi connectivity index (χ1n) is 7.03. The Morgan fingerprint density at radius 2 is 1.83 bits per heavy atom. The predicted molar refractivity (Wildman–Crippen MR) is 69.1 cm³/mol. The molecule has 2 aliphatic rings. The number of likely N-dealkylation sites (tertiary alicyclic amines) is 1. The van der Waals surface area contributed by atoms with Gasteiger partial charge in [0.25, 0.3) is 0 Å². The summed E-state index contributed by atoms with van der Waals surface area (Å²) in [6.45, 7) is 2.56. The van der Waals surface area contributed by atoms with Gasteiger partial charge in [0.15, 0.2) is 0 Å². The molecule has 0 aromatic carbocycles. The van der Waals surface area contributed by atoms with Crippen LogP contribution >= 0.6 is 0 Å². The third-order valence-electron chi connectivity index (χ3n) is 3.51. The van der Waals surface area contributed by atoms with Crippen LogP contribution in [0.2, 0.25) is 0 Å². The van der Waals surface area contributed by atoms with Crippen molar-refractivity contribution in [3.05, 3.63) is 0 Å². The standard InChI is InChI=1S/C13H23N3O2/c17-12(6-7-14-11-4-5-11)15-10-13(18)16-8-2-1-3-9-16/h11,14H,1-10H2,(H,15,17). The summed E-state index contributed by atoms with van der Waals surface area (Å²) in [5, 5.41) is 5.99. The third-order valence-corrected chi connectivity index (χ3v) is 3.51. The number of carbonyl (C=O) groups excluding carboxylic acids is 2. The molecular formula is C13H23N3O2. The minimum Gasteiger partial charge on any atom is -0.347 e. The van der Waals surface area contributed by atoms with Gasteiger partial charge in [0.05, 0.1) is 6.54 Å². The molecule has 5 heteroatoms. The Bertz CT molecular complexity index is 297. The molecule has 18 heavy (non-hydrogen) atoms. The van der Waals surface area contributed by atoms with Crippen LogP contribution < -0.4 is 10.6 Å². The van der Waals surface area contributed by atoms with E-state index in [9.17, 15) is 9.59 Å². The van der Waals surface area contributed by atoms with Crippen LogP contribution in [-0.4, -0.2) is 48.9 Å². The molecule has 2 fully saturated rings. The fourth-order valence-corrected chi connectivity index (χ4v) is 2.19. The summed E-state index contributed by atoms with van der Waals surface area (Å²) in [6.07, 6.45) is 6.31. The molecule has 0 unspecified atom stereocenters. The zero-order valence-electron chi connectivity index (χ0n) is 10.9. The lowest BCUT2D eigenvalue weighted by Crippen LogP contribution is -2.42. The zero-order valence-corrected chi connectivity index (χ0v) is 10.9. The minimum absolute atomic E-state index is 0.0338. The SMILES string of the molecule is O=C(CCNC1CC1)NCC(=O)N1CCCCC1. The van der Waals surface area contributed by atoms with Crippen molar-refractivity contribution in [1.29, 1.82) is 0 Å². The maximum atomic E-state index is 11.8. The molecule has 1 saturated carbocycles. The van der Waals surface area contributed by atoms with Crippen LogP contribution in [-0.2, 0) is 9.59 Å². The molecular weight excluding hydrogens is 230 g/mol. The van der Waals surface area contributed by atoms with Crippen LogP contribution in [0.1, 0.15) is 38.5 Å². The minimum atomic E-state index is -0.0338. The van der Waals surface area contributed by atoms with Gasteiger partial charge in [-0.15, -0.1) is 0 Å². The van der Waals surface area contributed by atoms with Gasteiger partial charge in [0, 0.05) is 32.1 Å². The van der Waals surface area contributed by atoms with Crippen molar-refractivity contribution in [2.45, 2.75) is 44.6 Å². The van der Waals surface area contributed by atoms with E-state index in [4.69, 9.17) is 0 Å². The van der Waals surface area contributed by atoms with E-state index in [1.165, 1.54) is 19.3 Å². The predicted octanol–water partition coefficient (Wildman–Crippen LogP) is 0.257. The molecule has 102 valence electrons. The smallest absolute Gasteiger partial charge is 0.241 e. The number of nitrogens with one attached hydrogen (secondary N) is 2. The van der Waals surface area contributed by atoms with Gasteiger partial charge in [-0.2, -0.15) is 0 Å². The summed E-state index contributed by atoms with van der Waals surface area (Å²) in [5.74, 6) is 0.0201. The van der Waals surface area contributed by atoms with Gasteiger partial charge in [0.2, 0.25) is 11.8 Å². The quantitative estimate of drug-likeness (QED) is 0.713. The van der Waals surface area contributed by atoms with Gasteiger partial charge < -0.3 is 15.5 Å². The summed E-state index contributed by atoms with van der Waals surface area (Å²) in [7, 11) is 0. The number of hydrogen-bond donors (Lipinski definition) is 2. The largest absolute Gasteiger partial charge is 0.347 e. The maximum Gasteiger partial charge on any atom is 0.241 e. The number of rotatable bonds is 6. The second-order valence-corrected chi connectivity index (χ2v) is 5.20. The van der Waals surface area contributed by atoms with Crippen molar-refractivity contribution in [3.63, 3.8) is 0 Å². The van der Waals surface area contributed by atoms with Crippen molar-refractivity contribution >= 4 is 11.8 Å². The summed E-state index contributed by atoms with van der Waals surface area (Å²) in [6, 6.07) is 0.632. The van der Waals surface area contributed by atoms with Crippen molar-refractivity contribution in [2.24, 2.45) is 0 Å². The van der Waals surface area contributed by atoms with E-state index in [0.29, 0.717) is 19.0 Å². The first-order chi connectivity index (χ1) is 8.75. The van der Waals surface area contributed by atoms with Gasteiger partial charge >= 0.3 is 0 Å². The van der Waals surface area contributed by atoms with Crippen LogP contribution in [0.3, 0.4) is 0 Å². The Kier molecular flexibility index (Phi) is 4.99. The molecule has 5 nitrogen and oxygen atoms in total. The number of amides is 2. The van der Waals surface area contributed by atoms with Gasteiger partial charge in [0.1, 0.15) is 0 Å². The Hall–Kier alpha value is -1.10. The molecule has 0 bridgehead atoms. The fourth-order valence-electron chi connectivity index (χ4n) is 2.19. The Morgan fingerprint density at radius 1 is 1.11 bits per heavy atom. The van der Waals surface area contributed by atoms with Crippen LogP contribution in [0.25, 0.3) is 0 Å². The molecule has 0 radical (unpaired) electrons. The van der Waals surface area contributed by atoms with E-state index in [-0.39, 0.29) is 18.4 Å². The molecule has 2 N–H and O–H groups in total. The average Bonchev–Trinajstić information content (AvgIpc) is 3.21. The number of nitrogens with zero attached hydrogens (tertiary/aromatic N) is 1. The Balaban J connectivity index is 1.54. The van der Waals surface area contributed by atoms with E-state index >= 15 is 0 Å². The van der Waals surface area contributed by atoms with Crippen molar-refractivity contribution in [2.75, 3.05) is 26.2 Å². The molecule has 1 saturated heterocycles. The second kappa shape index (κ2) is 6.73. The molecule has 0 atom stereocenters. The van der Waals surface area contributed by atoms with Crippen LogP contribution in [0, 0.1) is 0 Å². The van der Waals surface area contributed by atoms with E-state index in [1.807, 2.05) is 4.90 Å².